The summed E-state index contributed by atoms with van der Waals surface area (Å²) in [6.07, 6.45) is 1.94. The highest BCUT2D eigenvalue weighted by atomic mass is 16.6. The van der Waals surface area contributed by atoms with Crippen molar-refractivity contribution >= 4 is 46.6 Å². The van der Waals surface area contributed by atoms with Crippen molar-refractivity contribution in [3.63, 3.8) is 0 Å². The van der Waals surface area contributed by atoms with E-state index in [0.717, 1.165) is 18.4 Å². The number of piperazine rings is 1. The lowest BCUT2D eigenvalue weighted by molar-refractivity contribution is -0.144. The maximum absolute atomic E-state index is 13.9. The number of esters is 1. The van der Waals surface area contributed by atoms with Gasteiger partial charge < -0.3 is 39.5 Å². The fourth-order valence-corrected chi connectivity index (χ4v) is 6.51. The summed E-state index contributed by atoms with van der Waals surface area (Å²) in [6.45, 7) is 9.35. The normalized spacial score (nSPS) is 18.4. The van der Waals surface area contributed by atoms with E-state index in [1.165, 1.54) is 11.0 Å². The van der Waals surface area contributed by atoms with Gasteiger partial charge in [-0.3, -0.25) is 24.0 Å². The Hall–Kier alpha value is -4.95. The molecular formula is C37H50N6O9. The van der Waals surface area contributed by atoms with Crippen molar-refractivity contribution in [2.45, 2.75) is 84.4 Å². The number of carbonyl (C=O) groups excluding carboxylic acids is 6. The smallest absolute Gasteiger partial charge is 0.409 e. The van der Waals surface area contributed by atoms with E-state index in [0.29, 0.717) is 42.8 Å². The van der Waals surface area contributed by atoms with E-state index in [1.807, 2.05) is 13.0 Å². The Kier molecular flexibility index (Phi) is 12.9. The summed E-state index contributed by atoms with van der Waals surface area (Å²) in [5.74, 6) is -1.31. The summed E-state index contributed by atoms with van der Waals surface area (Å²) < 4.78 is 16.4. The van der Waals surface area contributed by atoms with Crippen molar-refractivity contribution in [1.82, 2.24) is 30.3 Å². The third kappa shape index (κ3) is 9.68. The molecular weight excluding hydrogens is 672 g/mol. The first kappa shape index (κ1) is 38.3. The number of aromatic nitrogens is 1. The number of aryl methyl sites for hydroxylation is 1. The van der Waals surface area contributed by atoms with Gasteiger partial charge in [0.1, 0.15) is 23.5 Å². The van der Waals surface area contributed by atoms with Crippen LogP contribution in [0, 0.1) is 12.8 Å². The topological polar surface area (TPSA) is 177 Å². The third-order valence-corrected chi connectivity index (χ3v) is 9.58. The van der Waals surface area contributed by atoms with Gasteiger partial charge in [-0.15, -0.1) is 0 Å². The van der Waals surface area contributed by atoms with Gasteiger partial charge in [-0.05, 0) is 83.4 Å². The number of amides is 5. The molecule has 1 aliphatic carbocycles. The predicted octanol–water partition coefficient (Wildman–Crippen LogP) is 2.57. The number of nitrogens with one attached hydrogen (secondary N) is 2. The predicted molar refractivity (Wildman–Crippen MR) is 189 cm³/mol. The monoisotopic (exact) mass is 722 g/mol. The van der Waals surface area contributed by atoms with Crippen LogP contribution in [0.3, 0.4) is 0 Å². The molecule has 15 nitrogen and oxygen atoms in total. The van der Waals surface area contributed by atoms with Crippen LogP contribution in [0.25, 0.3) is 10.9 Å². The summed E-state index contributed by atoms with van der Waals surface area (Å²) in [5.41, 5.74) is 1.28. The first-order valence-corrected chi connectivity index (χ1v) is 18.3. The maximum Gasteiger partial charge on any atom is 0.409 e. The second kappa shape index (κ2) is 17.5. The summed E-state index contributed by atoms with van der Waals surface area (Å²) in [5, 5.41) is 6.34. The van der Waals surface area contributed by atoms with Crippen LogP contribution in [0.15, 0.2) is 24.3 Å². The molecule has 0 radical (unpaired) electrons. The van der Waals surface area contributed by atoms with Crippen LogP contribution in [-0.2, 0) is 28.7 Å². The van der Waals surface area contributed by atoms with Crippen molar-refractivity contribution in [3.05, 3.63) is 35.5 Å². The lowest BCUT2D eigenvalue weighted by Crippen LogP contribution is -2.56. The molecule has 15 heteroatoms. The molecule has 0 spiro atoms. The molecule has 2 N–H and O–H groups in total. The quantitative estimate of drug-likeness (QED) is 0.276. The van der Waals surface area contributed by atoms with E-state index in [-0.39, 0.29) is 75.5 Å². The lowest BCUT2D eigenvalue weighted by Gasteiger charge is -2.36. The minimum absolute atomic E-state index is 0.0195. The molecule has 2 aromatic rings. The summed E-state index contributed by atoms with van der Waals surface area (Å²) in [4.78, 5) is 87.9. The van der Waals surface area contributed by atoms with Gasteiger partial charge >= 0.3 is 12.1 Å². The SMILES string of the molecule is CCOC(=O)CCC(NC(=O)c1cc(OC(C)C(=O)N2CCCC2C(=O)NCC2CC2)c2ccc(C)cc2n1)C(=O)N1CCN(C(=O)OCC)CC1. The Bertz CT molecular complexity index is 1660. The minimum atomic E-state index is -1.09. The number of hydrogen-bond donors (Lipinski definition) is 2. The number of nitrogens with zero attached hydrogens (tertiary/aromatic N) is 4. The van der Waals surface area contributed by atoms with Gasteiger partial charge in [0.05, 0.1) is 18.7 Å². The fourth-order valence-electron chi connectivity index (χ4n) is 6.51. The number of pyridine rings is 1. The molecule has 3 fully saturated rings. The van der Waals surface area contributed by atoms with E-state index in [2.05, 4.69) is 15.6 Å². The van der Waals surface area contributed by atoms with Crippen LogP contribution in [-0.4, -0.2) is 126 Å². The van der Waals surface area contributed by atoms with E-state index in [1.54, 1.807) is 42.7 Å². The van der Waals surface area contributed by atoms with Gasteiger partial charge in [0.25, 0.3) is 11.8 Å². The second-order valence-corrected chi connectivity index (χ2v) is 13.5. The molecule has 1 aromatic carbocycles. The average Bonchev–Trinajstić information content (AvgIpc) is 3.84. The van der Waals surface area contributed by atoms with Gasteiger partial charge in [-0.25, -0.2) is 9.78 Å². The first-order valence-electron chi connectivity index (χ1n) is 18.3. The molecule has 2 saturated heterocycles. The minimum Gasteiger partial charge on any atom is -0.480 e. The molecule has 282 valence electrons. The standard InChI is InChI=1S/C37H50N6O9/c1-5-50-32(44)14-13-27(36(48)41-16-18-42(19-17-41)37(49)51-6-2)40-33(45)29-21-31(26-12-9-23(3)20-28(26)39-29)52-24(4)35(47)43-15-7-8-30(43)34(46)38-22-25-10-11-25/h9,12,20-21,24-25,27,30H,5-8,10-11,13-19,22H2,1-4H3,(H,38,46)(H,40,45). The van der Waals surface area contributed by atoms with Crippen LogP contribution in [0.2, 0.25) is 0 Å². The molecule has 0 bridgehead atoms. The van der Waals surface area contributed by atoms with Crippen LogP contribution in [0.5, 0.6) is 5.75 Å². The number of likely N-dealkylation sites (tertiary alicyclic amines) is 1. The van der Waals surface area contributed by atoms with E-state index in [9.17, 15) is 28.8 Å². The van der Waals surface area contributed by atoms with Crippen molar-refractivity contribution < 1.29 is 43.0 Å². The van der Waals surface area contributed by atoms with Crippen molar-refractivity contribution in [3.8, 4) is 5.75 Å². The van der Waals surface area contributed by atoms with Gasteiger partial charge in [-0.2, -0.15) is 0 Å². The third-order valence-electron chi connectivity index (χ3n) is 9.58. The summed E-state index contributed by atoms with van der Waals surface area (Å²) in [6, 6.07) is 5.24. The first-order chi connectivity index (χ1) is 25.0. The second-order valence-electron chi connectivity index (χ2n) is 13.5. The highest BCUT2D eigenvalue weighted by Crippen LogP contribution is 2.30. The van der Waals surface area contributed by atoms with Gasteiger partial charge in [0, 0.05) is 57.1 Å². The largest absolute Gasteiger partial charge is 0.480 e. The molecule has 5 amide bonds. The number of ether oxygens (including phenoxy) is 3. The fraction of sp³-hybridized carbons (Fsp3) is 0.595. The highest BCUT2D eigenvalue weighted by molar-refractivity contribution is 6.00. The molecule has 1 saturated carbocycles. The highest BCUT2D eigenvalue weighted by Gasteiger charge is 2.38. The van der Waals surface area contributed by atoms with E-state index in [4.69, 9.17) is 14.2 Å². The van der Waals surface area contributed by atoms with Gasteiger partial charge in [0.2, 0.25) is 11.8 Å². The van der Waals surface area contributed by atoms with Crippen LogP contribution >= 0.6 is 0 Å². The van der Waals surface area contributed by atoms with Crippen molar-refractivity contribution in [2.24, 2.45) is 5.92 Å². The van der Waals surface area contributed by atoms with Crippen molar-refractivity contribution in [1.29, 1.82) is 0 Å². The molecule has 1 aromatic heterocycles. The van der Waals surface area contributed by atoms with Crippen LogP contribution in [0.4, 0.5) is 4.79 Å². The Morgan fingerprint density at radius 2 is 1.62 bits per heavy atom. The van der Waals surface area contributed by atoms with Gasteiger partial charge in [0.15, 0.2) is 6.10 Å². The van der Waals surface area contributed by atoms with E-state index >= 15 is 0 Å². The van der Waals surface area contributed by atoms with E-state index < -0.39 is 42.1 Å². The molecule has 3 unspecified atom stereocenters. The molecule has 3 aliphatic rings. The number of rotatable bonds is 14. The number of hydrogen-bond acceptors (Lipinski definition) is 10. The summed E-state index contributed by atoms with van der Waals surface area (Å²) >= 11 is 0. The summed E-state index contributed by atoms with van der Waals surface area (Å²) in [7, 11) is 0. The molecule has 3 heterocycles. The number of benzene rings is 1. The van der Waals surface area contributed by atoms with Gasteiger partial charge in [-0.1, -0.05) is 6.07 Å². The van der Waals surface area contributed by atoms with Crippen LogP contribution < -0.4 is 15.4 Å². The maximum atomic E-state index is 13.9. The zero-order valence-electron chi connectivity index (χ0n) is 30.5. The average molecular weight is 723 g/mol. The lowest BCUT2D eigenvalue weighted by atomic mass is 10.1. The zero-order valence-corrected chi connectivity index (χ0v) is 30.5. The van der Waals surface area contributed by atoms with Crippen molar-refractivity contribution in [2.75, 3.05) is 52.5 Å². The Labute approximate surface area is 303 Å². The Morgan fingerprint density at radius 1 is 0.904 bits per heavy atom. The zero-order chi connectivity index (χ0) is 37.4. The molecule has 2 aliphatic heterocycles. The Balaban J connectivity index is 1.33. The molecule has 5 rings (SSSR count). The Morgan fingerprint density at radius 3 is 2.31 bits per heavy atom. The number of carbonyl (C=O) groups is 6. The van der Waals surface area contributed by atoms with Crippen LogP contribution in [0.1, 0.15) is 75.3 Å². The molecule has 3 atom stereocenters. The number of fused-ring (bicyclic) bond motifs is 1. The molecule has 52 heavy (non-hydrogen) atoms.